The van der Waals surface area contributed by atoms with Gasteiger partial charge in [0, 0.05) is 12.8 Å². The third-order valence-electron chi connectivity index (χ3n) is 15.5. The first kappa shape index (κ1) is 71.3. The highest BCUT2D eigenvalue weighted by atomic mass is 16.5. The summed E-state index contributed by atoms with van der Waals surface area (Å²) in [6.07, 6.45) is 78.3. The van der Waals surface area contributed by atoms with Gasteiger partial charge in [-0.15, -0.1) is 0 Å². The molecule has 3 N–H and O–H groups in total. The molecule has 0 aliphatic heterocycles. The lowest BCUT2D eigenvalue weighted by molar-refractivity contribution is -0.143. The van der Waals surface area contributed by atoms with E-state index in [0.717, 1.165) is 44.9 Å². The molecule has 2 atom stereocenters. The van der Waals surface area contributed by atoms with E-state index in [-0.39, 0.29) is 18.5 Å². The Bertz CT molecular complexity index is 1140. The van der Waals surface area contributed by atoms with E-state index in [2.05, 4.69) is 31.3 Å². The first-order valence-electron chi connectivity index (χ1n) is 33.1. The topological polar surface area (TPSA) is 95.9 Å². The fourth-order valence-electron chi connectivity index (χ4n) is 10.4. The quantitative estimate of drug-likeness (QED) is 0.0320. The van der Waals surface area contributed by atoms with Crippen LogP contribution in [-0.2, 0) is 14.3 Å². The van der Waals surface area contributed by atoms with E-state index in [9.17, 15) is 19.8 Å². The monoisotopic (exact) mass is 1030 g/mol. The average molecular weight is 1030 g/mol. The third kappa shape index (κ3) is 59.4. The minimum Gasteiger partial charge on any atom is -0.466 e. The van der Waals surface area contributed by atoms with Gasteiger partial charge in [0.1, 0.15) is 0 Å². The molecule has 0 aromatic rings. The predicted molar refractivity (Wildman–Crippen MR) is 320 cm³/mol. The summed E-state index contributed by atoms with van der Waals surface area (Å²) in [7, 11) is 0. The molecule has 0 rings (SSSR count). The first-order chi connectivity index (χ1) is 36.0. The molecular weight excluding hydrogens is 899 g/mol. The molecule has 0 bridgehead atoms. The molecule has 0 saturated heterocycles. The Balaban J connectivity index is 3.32. The van der Waals surface area contributed by atoms with Gasteiger partial charge in [-0.1, -0.05) is 321 Å². The summed E-state index contributed by atoms with van der Waals surface area (Å²) in [6.45, 7) is 4.89. The molecule has 0 aromatic heterocycles. The number of carbonyl (C=O) groups excluding carboxylic acids is 2. The van der Waals surface area contributed by atoms with Crippen molar-refractivity contribution in [2.45, 2.75) is 379 Å². The Hall–Kier alpha value is -1.66. The number of allylic oxidation sites excluding steroid dienone is 3. The summed E-state index contributed by atoms with van der Waals surface area (Å²) >= 11 is 0. The zero-order valence-electron chi connectivity index (χ0n) is 49.4. The second kappa shape index (κ2) is 62.9. The molecule has 0 aliphatic carbocycles. The van der Waals surface area contributed by atoms with Crippen molar-refractivity contribution in [3.05, 3.63) is 24.3 Å². The molecule has 0 aromatic carbocycles. The summed E-state index contributed by atoms with van der Waals surface area (Å²) in [5.41, 5.74) is 0. The highest BCUT2D eigenvalue weighted by Gasteiger charge is 2.18. The molecule has 0 aliphatic rings. The maximum absolute atomic E-state index is 12.4. The second-order valence-corrected chi connectivity index (χ2v) is 22.8. The fraction of sp³-hybridized carbons (Fsp3) is 0.910. The molecule has 0 radical (unpaired) electrons. The highest BCUT2D eigenvalue weighted by molar-refractivity contribution is 5.76. The van der Waals surface area contributed by atoms with Crippen LogP contribution in [0.1, 0.15) is 367 Å². The average Bonchev–Trinajstić information content (AvgIpc) is 3.39. The van der Waals surface area contributed by atoms with Gasteiger partial charge in [-0.3, -0.25) is 9.59 Å². The number of hydrogen-bond donors (Lipinski definition) is 3. The Morgan fingerprint density at radius 1 is 0.370 bits per heavy atom. The first-order valence-corrected chi connectivity index (χ1v) is 33.1. The molecule has 432 valence electrons. The maximum Gasteiger partial charge on any atom is 0.305 e. The predicted octanol–water partition coefficient (Wildman–Crippen LogP) is 21.0. The van der Waals surface area contributed by atoms with Gasteiger partial charge in [-0.05, 0) is 57.8 Å². The van der Waals surface area contributed by atoms with Crippen LogP contribution in [0, 0.1) is 0 Å². The van der Waals surface area contributed by atoms with Gasteiger partial charge < -0.3 is 20.3 Å². The molecule has 0 spiro atoms. The summed E-state index contributed by atoms with van der Waals surface area (Å²) in [6, 6.07) is -0.623. The van der Waals surface area contributed by atoms with Crippen molar-refractivity contribution < 1.29 is 24.5 Å². The number of aliphatic hydroxyl groups excluding tert-OH is 2. The van der Waals surface area contributed by atoms with Crippen LogP contribution in [0.4, 0.5) is 0 Å². The minimum absolute atomic E-state index is 0.0110. The van der Waals surface area contributed by atoms with Crippen molar-refractivity contribution in [2.24, 2.45) is 0 Å². The Kier molecular flexibility index (Phi) is 61.4. The van der Waals surface area contributed by atoms with Crippen molar-refractivity contribution in [3.63, 3.8) is 0 Å². The molecule has 6 nitrogen and oxygen atoms in total. The van der Waals surface area contributed by atoms with E-state index in [1.807, 2.05) is 6.08 Å². The molecular formula is C67H129NO5. The van der Waals surface area contributed by atoms with Gasteiger partial charge in [-0.25, -0.2) is 0 Å². The number of carbonyl (C=O) groups is 2. The Labute approximate surface area is 456 Å². The smallest absolute Gasteiger partial charge is 0.305 e. The van der Waals surface area contributed by atoms with Crippen molar-refractivity contribution in [1.29, 1.82) is 0 Å². The molecule has 0 heterocycles. The number of ether oxygens (including phenoxy) is 1. The largest absolute Gasteiger partial charge is 0.466 e. The van der Waals surface area contributed by atoms with Crippen LogP contribution in [0.25, 0.3) is 0 Å². The van der Waals surface area contributed by atoms with Crippen LogP contribution in [0.15, 0.2) is 24.3 Å². The number of esters is 1. The van der Waals surface area contributed by atoms with Crippen LogP contribution in [0.3, 0.4) is 0 Å². The van der Waals surface area contributed by atoms with E-state index in [4.69, 9.17) is 4.74 Å². The van der Waals surface area contributed by atoms with E-state index in [1.165, 1.54) is 295 Å². The van der Waals surface area contributed by atoms with E-state index >= 15 is 0 Å². The van der Waals surface area contributed by atoms with Crippen LogP contribution >= 0.6 is 0 Å². The number of nitrogens with one attached hydrogen (secondary N) is 1. The van der Waals surface area contributed by atoms with Crippen molar-refractivity contribution in [3.8, 4) is 0 Å². The SMILES string of the molecule is CCCCC/C=C\CCCCCCCC(=O)OCCCCCCCCCCCCCCCCCCCCCCCCCCCCCCCCCCC(=O)NC(CO)C(O)/C=C/CCCCCCCCCCCC. The standard InChI is InChI=1S/C67H129NO5/c1-3-5-7-9-11-13-15-39-43-47-51-55-59-65(70)64(63-69)68-66(71)60-56-52-48-44-40-37-35-33-31-29-27-25-23-21-19-17-18-20-22-24-26-28-30-32-34-36-38-42-46-50-54-58-62-73-67(72)61-57-53-49-45-41-16-14-12-10-8-6-4-2/h12,14,55,59,64-65,69-70H,3-11,13,15-54,56-58,60-63H2,1-2H3,(H,68,71)/b14-12-,59-55+. The van der Waals surface area contributed by atoms with Crippen LogP contribution in [0.2, 0.25) is 0 Å². The lowest BCUT2D eigenvalue weighted by Crippen LogP contribution is -2.45. The Morgan fingerprint density at radius 2 is 0.644 bits per heavy atom. The van der Waals surface area contributed by atoms with Gasteiger partial charge in [0.2, 0.25) is 5.91 Å². The highest BCUT2D eigenvalue weighted by Crippen LogP contribution is 2.18. The van der Waals surface area contributed by atoms with Gasteiger partial charge in [0.15, 0.2) is 0 Å². The fourth-order valence-corrected chi connectivity index (χ4v) is 10.4. The van der Waals surface area contributed by atoms with Crippen LogP contribution in [0.5, 0.6) is 0 Å². The zero-order valence-corrected chi connectivity index (χ0v) is 49.4. The van der Waals surface area contributed by atoms with E-state index in [1.54, 1.807) is 6.08 Å². The maximum atomic E-state index is 12.4. The van der Waals surface area contributed by atoms with E-state index < -0.39 is 12.1 Å². The number of hydrogen-bond acceptors (Lipinski definition) is 5. The number of amides is 1. The summed E-state index contributed by atoms with van der Waals surface area (Å²) in [5, 5.41) is 23.1. The molecule has 2 unspecified atom stereocenters. The zero-order chi connectivity index (χ0) is 52.9. The van der Waals surface area contributed by atoms with Crippen LogP contribution in [-0.4, -0.2) is 47.4 Å². The Morgan fingerprint density at radius 3 is 1.00 bits per heavy atom. The van der Waals surface area contributed by atoms with Gasteiger partial charge in [0.25, 0.3) is 0 Å². The van der Waals surface area contributed by atoms with Crippen molar-refractivity contribution in [2.75, 3.05) is 13.2 Å². The summed E-state index contributed by atoms with van der Waals surface area (Å²) in [4.78, 5) is 24.5. The normalized spacial score (nSPS) is 12.7. The van der Waals surface area contributed by atoms with Crippen molar-refractivity contribution in [1.82, 2.24) is 5.32 Å². The number of rotatable bonds is 62. The molecule has 6 heteroatoms. The van der Waals surface area contributed by atoms with Crippen molar-refractivity contribution >= 4 is 11.9 Å². The summed E-state index contributed by atoms with van der Waals surface area (Å²) in [5.74, 6) is -0.0517. The summed E-state index contributed by atoms with van der Waals surface area (Å²) < 4.78 is 5.47. The third-order valence-corrected chi connectivity index (χ3v) is 15.5. The van der Waals surface area contributed by atoms with Gasteiger partial charge >= 0.3 is 5.97 Å². The second-order valence-electron chi connectivity index (χ2n) is 22.8. The number of unbranched alkanes of at least 4 members (excludes halogenated alkanes) is 49. The molecule has 73 heavy (non-hydrogen) atoms. The van der Waals surface area contributed by atoms with Gasteiger partial charge in [-0.2, -0.15) is 0 Å². The van der Waals surface area contributed by atoms with Crippen LogP contribution < -0.4 is 5.32 Å². The van der Waals surface area contributed by atoms with E-state index in [0.29, 0.717) is 19.4 Å². The molecule has 1 amide bonds. The lowest BCUT2D eigenvalue weighted by Gasteiger charge is -2.20. The lowest BCUT2D eigenvalue weighted by atomic mass is 10.0. The number of aliphatic hydroxyl groups is 2. The van der Waals surface area contributed by atoms with Gasteiger partial charge in [0.05, 0.1) is 25.4 Å². The molecule has 0 fully saturated rings. The molecule has 0 saturated carbocycles. The minimum atomic E-state index is -0.839.